The van der Waals surface area contributed by atoms with Crippen LogP contribution in [-0.2, 0) is 16.0 Å². The van der Waals surface area contributed by atoms with E-state index in [1.807, 2.05) is 30.6 Å². The Kier molecular flexibility index (Phi) is 5.67. The molecule has 0 spiro atoms. The van der Waals surface area contributed by atoms with Crippen LogP contribution < -0.4 is 11.1 Å². The van der Waals surface area contributed by atoms with Crippen LogP contribution in [0.3, 0.4) is 0 Å². The fourth-order valence-corrected chi connectivity index (χ4v) is 4.65. The van der Waals surface area contributed by atoms with Crippen LogP contribution in [0.4, 0.5) is 11.5 Å². The molecule has 2 atom stereocenters. The number of anilines is 2. The van der Waals surface area contributed by atoms with Crippen molar-refractivity contribution in [1.29, 1.82) is 0 Å². The molecule has 4 rings (SSSR count). The first kappa shape index (κ1) is 20.3. The number of thiazole rings is 1. The first-order valence-corrected chi connectivity index (χ1v) is 11.0. The molecule has 30 heavy (non-hydrogen) atoms. The van der Waals surface area contributed by atoms with E-state index in [0.29, 0.717) is 30.4 Å². The molecule has 2 aromatic heterocycles. The SMILES string of the molecule is CCc1cc(NC(=O)C(=O)N2C[C@@H](C)CC[C@@H]2c2ccc3scnc3c2)cnc1N. The topological polar surface area (TPSA) is 101 Å². The van der Waals surface area contributed by atoms with Gasteiger partial charge >= 0.3 is 11.8 Å². The van der Waals surface area contributed by atoms with Crippen LogP contribution in [0.5, 0.6) is 0 Å². The van der Waals surface area contributed by atoms with Gasteiger partial charge in [-0.3, -0.25) is 9.59 Å². The van der Waals surface area contributed by atoms with Crippen LogP contribution in [0.1, 0.15) is 43.9 Å². The molecule has 1 aromatic carbocycles. The van der Waals surface area contributed by atoms with E-state index in [9.17, 15) is 9.59 Å². The average Bonchev–Trinajstić information content (AvgIpc) is 3.22. The van der Waals surface area contributed by atoms with E-state index >= 15 is 0 Å². The number of nitrogens with two attached hydrogens (primary N) is 1. The van der Waals surface area contributed by atoms with Gasteiger partial charge in [0.2, 0.25) is 0 Å². The number of piperidine rings is 1. The molecular weight excluding hydrogens is 398 g/mol. The number of aromatic nitrogens is 2. The minimum absolute atomic E-state index is 0.138. The van der Waals surface area contributed by atoms with Gasteiger partial charge in [-0.2, -0.15) is 0 Å². The van der Waals surface area contributed by atoms with Crippen molar-refractivity contribution >= 4 is 44.9 Å². The molecule has 3 N–H and O–H groups in total. The summed E-state index contributed by atoms with van der Waals surface area (Å²) in [6.45, 7) is 4.62. The Morgan fingerprint density at radius 2 is 2.10 bits per heavy atom. The van der Waals surface area contributed by atoms with Gasteiger partial charge in [0.1, 0.15) is 5.82 Å². The average molecular weight is 424 g/mol. The van der Waals surface area contributed by atoms with E-state index in [-0.39, 0.29) is 6.04 Å². The van der Waals surface area contributed by atoms with Gasteiger partial charge in [0, 0.05) is 6.54 Å². The Balaban J connectivity index is 1.56. The van der Waals surface area contributed by atoms with E-state index < -0.39 is 11.8 Å². The molecule has 3 heterocycles. The Morgan fingerprint density at radius 3 is 2.90 bits per heavy atom. The first-order chi connectivity index (χ1) is 14.5. The number of benzene rings is 1. The maximum atomic E-state index is 13.1. The molecule has 0 aliphatic carbocycles. The maximum absolute atomic E-state index is 13.1. The summed E-state index contributed by atoms with van der Waals surface area (Å²) in [7, 11) is 0. The number of hydrogen-bond donors (Lipinski definition) is 2. The third-order valence-electron chi connectivity index (χ3n) is 5.65. The summed E-state index contributed by atoms with van der Waals surface area (Å²) >= 11 is 1.59. The Labute approximate surface area is 179 Å². The molecule has 3 aromatic rings. The quantitative estimate of drug-likeness (QED) is 0.625. The van der Waals surface area contributed by atoms with Gasteiger partial charge in [-0.25, -0.2) is 9.97 Å². The fourth-order valence-electron chi connectivity index (χ4n) is 3.99. The largest absolute Gasteiger partial charge is 0.383 e. The molecule has 1 fully saturated rings. The summed E-state index contributed by atoms with van der Waals surface area (Å²) < 4.78 is 1.11. The molecule has 156 valence electrons. The molecule has 0 saturated carbocycles. The monoisotopic (exact) mass is 423 g/mol. The van der Waals surface area contributed by atoms with E-state index in [1.54, 1.807) is 22.3 Å². The second-order valence-electron chi connectivity index (χ2n) is 7.81. The number of nitrogens with zero attached hydrogens (tertiary/aromatic N) is 3. The van der Waals surface area contributed by atoms with Crippen molar-refractivity contribution < 1.29 is 9.59 Å². The van der Waals surface area contributed by atoms with Crippen LogP contribution in [0.25, 0.3) is 10.2 Å². The normalized spacial score (nSPS) is 19.1. The Hall–Kier alpha value is -3.00. The molecule has 0 radical (unpaired) electrons. The van der Waals surface area contributed by atoms with Gasteiger partial charge in [0.15, 0.2) is 0 Å². The second-order valence-corrected chi connectivity index (χ2v) is 8.70. The summed E-state index contributed by atoms with van der Waals surface area (Å²) in [5.41, 5.74) is 10.9. The number of likely N-dealkylation sites (tertiary alicyclic amines) is 1. The summed E-state index contributed by atoms with van der Waals surface area (Å²) in [5.74, 6) is -0.410. The molecule has 1 saturated heterocycles. The zero-order chi connectivity index (χ0) is 21.3. The van der Waals surface area contributed by atoms with Crippen LogP contribution in [0, 0.1) is 5.92 Å². The fraction of sp³-hybridized carbons (Fsp3) is 0.364. The summed E-state index contributed by atoms with van der Waals surface area (Å²) in [5, 5.41) is 2.69. The minimum atomic E-state index is -0.655. The van der Waals surface area contributed by atoms with Crippen molar-refractivity contribution in [3.8, 4) is 0 Å². The molecule has 2 amide bonds. The number of fused-ring (bicyclic) bond motifs is 1. The lowest BCUT2D eigenvalue weighted by molar-refractivity contribution is -0.146. The number of aryl methyl sites for hydroxylation is 1. The van der Waals surface area contributed by atoms with Gasteiger partial charge < -0.3 is 16.0 Å². The van der Waals surface area contributed by atoms with Crippen LogP contribution >= 0.6 is 11.3 Å². The van der Waals surface area contributed by atoms with E-state index in [2.05, 4.69) is 22.2 Å². The number of carbonyl (C=O) groups is 2. The van der Waals surface area contributed by atoms with Gasteiger partial charge in [-0.15, -0.1) is 11.3 Å². The summed E-state index contributed by atoms with van der Waals surface area (Å²) in [6, 6.07) is 7.73. The zero-order valence-corrected chi connectivity index (χ0v) is 17.9. The van der Waals surface area contributed by atoms with Gasteiger partial charge in [-0.1, -0.05) is 19.9 Å². The van der Waals surface area contributed by atoms with E-state index in [1.165, 1.54) is 6.20 Å². The number of carbonyl (C=O) groups excluding carboxylic acids is 2. The molecule has 8 heteroatoms. The van der Waals surface area contributed by atoms with Crippen molar-refractivity contribution in [2.75, 3.05) is 17.6 Å². The molecule has 7 nitrogen and oxygen atoms in total. The highest BCUT2D eigenvalue weighted by Gasteiger charge is 2.34. The standard InChI is InChI=1S/C22H25N5O2S/c1-3-14-8-16(10-24-20(14)23)26-21(28)22(29)27-11-13(2)4-6-18(27)15-5-7-19-17(9-15)25-12-30-19/h5,7-10,12-13,18H,3-4,6,11H2,1-2H3,(H2,23,24)(H,26,28)/t13-,18+/m0/s1. The summed E-state index contributed by atoms with van der Waals surface area (Å²) in [4.78, 5) is 36.1. The number of rotatable bonds is 3. The molecule has 1 aliphatic heterocycles. The highest BCUT2D eigenvalue weighted by molar-refractivity contribution is 7.16. The zero-order valence-electron chi connectivity index (χ0n) is 17.1. The van der Waals surface area contributed by atoms with Crippen molar-refractivity contribution in [1.82, 2.24) is 14.9 Å². The highest BCUT2D eigenvalue weighted by Crippen LogP contribution is 2.35. The molecule has 1 aliphatic rings. The van der Waals surface area contributed by atoms with Gasteiger partial charge in [0.25, 0.3) is 0 Å². The van der Waals surface area contributed by atoms with E-state index in [4.69, 9.17) is 5.73 Å². The molecular formula is C22H25N5O2S. The summed E-state index contributed by atoms with van der Waals surface area (Å²) in [6.07, 6.45) is 4.00. The van der Waals surface area contributed by atoms with Crippen molar-refractivity contribution in [2.24, 2.45) is 5.92 Å². The molecule has 0 unspecified atom stereocenters. The van der Waals surface area contributed by atoms with Gasteiger partial charge in [-0.05, 0) is 54.5 Å². The third-order valence-corrected chi connectivity index (χ3v) is 6.46. The number of pyridine rings is 1. The van der Waals surface area contributed by atoms with Crippen molar-refractivity contribution in [3.63, 3.8) is 0 Å². The van der Waals surface area contributed by atoms with Crippen LogP contribution in [0.2, 0.25) is 0 Å². The third kappa shape index (κ3) is 4.00. The van der Waals surface area contributed by atoms with Crippen LogP contribution in [0.15, 0.2) is 36.0 Å². The number of nitrogens with one attached hydrogen (secondary N) is 1. The lowest BCUT2D eigenvalue weighted by atomic mass is 9.89. The Bertz CT molecular complexity index is 1100. The van der Waals surface area contributed by atoms with Gasteiger partial charge in [0.05, 0.1) is 33.7 Å². The van der Waals surface area contributed by atoms with Crippen LogP contribution in [-0.4, -0.2) is 33.2 Å². The minimum Gasteiger partial charge on any atom is -0.383 e. The lowest BCUT2D eigenvalue weighted by Crippen LogP contribution is -2.46. The predicted molar refractivity (Wildman–Crippen MR) is 119 cm³/mol. The maximum Gasteiger partial charge on any atom is 0.313 e. The lowest BCUT2D eigenvalue weighted by Gasteiger charge is -2.38. The van der Waals surface area contributed by atoms with Crippen molar-refractivity contribution in [2.45, 2.75) is 39.2 Å². The van der Waals surface area contributed by atoms with Crippen molar-refractivity contribution in [3.05, 3.63) is 47.1 Å². The smallest absolute Gasteiger partial charge is 0.313 e. The second kappa shape index (κ2) is 8.39. The Morgan fingerprint density at radius 1 is 1.27 bits per heavy atom. The predicted octanol–water partition coefficient (Wildman–Crippen LogP) is 3.77. The highest BCUT2D eigenvalue weighted by atomic mass is 32.1. The first-order valence-electron chi connectivity index (χ1n) is 10.2. The number of hydrogen-bond acceptors (Lipinski definition) is 6. The molecule has 0 bridgehead atoms. The number of nitrogen functional groups attached to an aromatic ring is 1. The number of amides is 2. The van der Waals surface area contributed by atoms with E-state index in [0.717, 1.165) is 34.2 Å².